The van der Waals surface area contributed by atoms with Gasteiger partial charge in [0, 0.05) is 19.3 Å². The van der Waals surface area contributed by atoms with Crippen molar-refractivity contribution in [3.8, 4) is 0 Å². The fourth-order valence-electron chi connectivity index (χ4n) is 7.82. The Hall–Kier alpha value is -2.89. The average molecular weight is 909 g/mol. The number of carbonyl (C=O) groups excluding carboxylic acids is 3. The largest absolute Gasteiger partial charge is 0.462 e. The molecule has 0 amide bonds. The highest BCUT2D eigenvalue weighted by Crippen LogP contribution is 2.15. The van der Waals surface area contributed by atoms with Crippen molar-refractivity contribution in [2.24, 2.45) is 0 Å². The lowest BCUT2D eigenvalue weighted by atomic mass is 10.1. The summed E-state index contributed by atoms with van der Waals surface area (Å²) in [5.41, 5.74) is 0. The number of rotatable bonds is 50. The molecule has 0 heterocycles. The topological polar surface area (TPSA) is 78.9 Å². The van der Waals surface area contributed by atoms with Gasteiger partial charge < -0.3 is 14.2 Å². The van der Waals surface area contributed by atoms with Crippen molar-refractivity contribution in [3.05, 3.63) is 60.8 Å². The van der Waals surface area contributed by atoms with Crippen LogP contribution >= 0.6 is 0 Å². The fourth-order valence-corrected chi connectivity index (χ4v) is 7.82. The van der Waals surface area contributed by atoms with Crippen LogP contribution in [0.3, 0.4) is 0 Å². The van der Waals surface area contributed by atoms with Crippen LogP contribution in [0, 0.1) is 0 Å². The molecule has 0 fully saturated rings. The highest BCUT2D eigenvalue weighted by molar-refractivity contribution is 5.71. The molecule has 0 radical (unpaired) electrons. The van der Waals surface area contributed by atoms with E-state index in [2.05, 4.69) is 81.5 Å². The van der Waals surface area contributed by atoms with E-state index in [-0.39, 0.29) is 31.1 Å². The summed E-state index contributed by atoms with van der Waals surface area (Å²) >= 11 is 0. The van der Waals surface area contributed by atoms with Crippen LogP contribution in [-0.2, 0) is 28.6 Å². The molecular formula is C59H104O6. The fraction of sp³-hybridized carbons (Fsp3) is 0.780. The van der Waals surface area contributed by atoms with Crippen LogP contribution in [0.15, 0.2) is 60.8 Å². The third-order valence-corrected chi connectivity index (χ3v) is 12.0. The Kier molecular flexibility index (Phi) is 51.3. The van der Waals surface area contributed by atoms with Crippen molar-refractivity contribution in [1.29, 1.82) is 0 Å². The Balaban J connectivity index is 4.39. The van der Waals surface area contributed by atoms with Crippen LogP contribution in [0.25, 0.3) is 0 Å². The van der Waals surface area contributed by atoms with Gasteiger partial charge in [-0.05, 0) is 96.3 Å². The minimum absolute atomic E-state index is 0.0853. The summed E-state index contributed by atoms with van der Waals surface area (Å²) in [7, 11) is 0. The van der Waals surface area contributed by atoms with Gasteiger partial charge in [-0.1, -0.05) is 223 Å². The van der Waals surface area contributed by atoms with Crippen LogP contribution in [0.2, 0.25) is 0 Å². The molecule has 0 aliphatic carbocycles. The zero-order chi connectivity index (χ0) is 47.2. The molecule has 0 spiro atoms. The third-order valence-electron chi connectivity index (χ3n) is 12.0. The summed E-state index contributed by atoms with van der Waals surface area (Å²) in [4.78, 5) is 38.1. The third kappa shape index (κ3) is 51.9. The van der Waals surface area contributed by atoms with E-state index in [0.29, 0.717) is 19.3 Å². The standard InChI is InChI=1S/C59H104O6/c1-4-7-10-13-16-19-22-25-28-29-30-32-34-37-40-43-46-49-52-58(61)64-55-56(54-63-57(60)51-48-45-42-39-36-33-27-24-21-18-15-12-9-6-3)65-59(62)53-50-47-44-41-38-35-31-26-23-20-17-14-11-8-5-2/h9,12,17-18,20-21,23,26,30,32,56H,4-8,10-11,13-16,19,22,24-25,27-29,31,33-55H2,1-3H3/b12-9-,20-17-,21-18-,26-23-,32-30-. The van der Waals surface area contributed by atoms with E-state index in [9.17, 15) is 14.4 Å². The number of allylic oxidation sites excluding steroid dienone is 10. The summed E-state index contributed by atoms with van der Waals surface area (Å²) in [6.07, 6.45) is 66.3. The van der Waals surface area contributed by atoms with Gasteiger partial charge in [0.05, 0.1) is 0 Å². The molecule has 0 aromatic carbocycles. The second-order valence-electron chi connectivity index (χ2n) is 18.5. The highest BCUT2D eigenvalue weighted by atomic mass is 16.6. The molecule has 0 aliphatic heterocycles. The Bertz CT molecular complexity index is 1180. The molecule has 1 unspecified atom stereocenters. The number of hydrogen-bond donors (Lipinski definition) is 0. The Morgan fingerprint density at radius 2 is 0.646 bits per heavy atom. The van der Waals surface area contributed by atoms with Gasteiger partial charge in [0.15, 0.2) is 6.10 Å². The summed E-state index contributed by atoms with van der Waals surface area (Å²) in [5, 5.41) is 0. The first-order chi connectivity index (χ1) is 32.0. The lowest BCUT2D eigenvalue weighted by Gasteiger charge is -2.18. The lowest BCUT2D eigenvalue weighted by molar-refractivity contribution is -0.167. The molecule has 0 saturated heterocycles. The van der Waals surface area contributed by atoms with Gasteiger partial charge in [-0.2, -0.15) is 0 Å². The number of unbranched alkanes of at least 4 members (excludes halogenated alkanes) is 30. The van der Waals surface area contributed by atoms with E-state index in [1.165, 1.54) is 141 Å². The molecule has 0 N–H and O–H groups in total. The normalized spacial score (nSPS) is 12.5. The van der Waals surface area contributed by atoms with Crippen molar-refractivity contribution in [2.45, 2.75) is 284 Å². The summed E-state index contributed by atoms with van der Waals surface area (Å²) in [6, 6.07) is 0. The smallest absolute Gasteiger partial charge is 0.306 e. The zero-order valence-corrected chi connectivity index (χ0v) is 43.0. The predicted octanol–water partition coefficient (Wildman–Crippen LogP) is 18.4. The maximum absolute atomic E-state index is 12.8. The van der Waals surface area contributed by atoms with Crippen molar-refractivity contribution < 1.29 is 28.6 Å². The maximum Gasteiger partial charge on any atom is 0.306 e. The highest BCUT2D eigenvalue weighted by Gasteiger charge is 2.19. The van der Waals surface area contributed by atoms with Gasteiger partial charge in [-0.25, -0.2) is 0 Å². The van der Waals surface area contributed by atoms with E-state index in [1.807, 2.05) is 0 Å². The van der Waals surface area contributed by atoms with E-state index >= 15 is 0 Å². The quantitative estimate of drug-likeness (QED) is 0.0199. The second kappa shape index (κ2) is 53.7. The minimum Gasteiger partial charge on any atom is -0.462 e. The first kappa shape index (κ1) is 62.1. The average Bonchev–Trinajstić information content (AvgIpc) is 3.30. The summed E-state index contributed by atoms with van der Waals surface area (Å²) < 4.78 is 16.8. The first-order valence-electron chi connectivity index (χ1n) is 27.8. The molecule has 376 valence electrons. The number of ether oxygens (including phenoxy) is 3. The molecule has 6 heteroatoms. The minimum atomic E-state index is -0.786. The number of hydrogen-bond acceptors (Lipinski definition) is 6. The first-order valence-corrected chi connectivity index (χ1v) is 27.8. The van der Waals surface area contributed by atoms with Crippen LogP contribution < -0.4 is 0 Å². The van der Waals surface area contributed by atoms with E-state index in [0.717, 1.165) is 96.3 Å². The molecule has 6 nitrogen and oxygen atoms in total. The molecule has 0 aromatic rings. The SMILES string of the molecule is CC/C=C\C/C=C\CCCCCCCCCC(=O)OCC(COC(=O)CCCCCCC/C=C\CCCCCCCCCCC)OC(=O)CCCCCCCC/C=C\C=C/CCCCC. The van der Waals surface area contributed by atoms with Gasteiger partial charge in [0.1, 0.15) is 13.2 Å². The van der Waals surface area contributed by atoms with Gasteiger partial charge in [-0.15, -0.1) is 0 Å². The van der Waals surface area contributed by atoms with Crippen LogP contribution in [0.1, 0.15) is 278 Å². The van der Waals surface area contributed by atoms with Crippen LogP contribution in [0.5, 0.6) is 0 Å². The van der Waals surface area contributed by atoms with Gasteiger partial charge >= 0.3 is 17.9 Å². The Labute approximate surface area is 402 Å². The lowest BCUT2D eigenvalue weighted by Crippen LogP contribution is -2.30. The van der Waals surface area contributed by atoms with Gasteiger partial charge in [0.25, 0.3) is 0 Å². The number of carbonyl (C=O) groups is 3. The molecule has 1 atom stereocenters. The van der Waals surface area contributed by atoms with Crippen molar-refractivity contribution in [2.75, 3.05) is 13.2 Å². The zero-order valence-electron chi connectivity index (χ0n) is 43.0. The Morgan fingerprint density at radius 3 is 1.06 bits per heavy atom. The van der Waals surface area contributed by atoms with Crippen molar-refractivity contribution in [3.63, 3.8) is 0 Å². The predicted molar refractivity (Wildman–Crippen MR) is 279 cm³/mol. The second-order valence-corrected chi connectivity index (χ2v) is 18.5. The van der Waals surface area contributed by atoms with Crippen molar-refractivity contribution in [1.82, 2.24) is 0 Å². The van der Waals surface area contributed by atoms with Crippen LogP contribution in [0.4, 0.5) is 0 Å². The molecular weight excluding hydrogens is 805 g/mol. The molecule has 65 heavy (non-hydrogen) atoms. The monoisotopic (exact) mass is 909 g/mol. The van der Waals surface area contributed by atoms with Crippen LogP contribution in [-0.4, -0.2) is 37.2 Å². The number of esters is 3. The summed E-state index contributed by atoms with van der Waals surface area (Å²) in [6.45, 7) is 6.50. The van der Waals surface area contributed by atoms with E-state index in [4.69, 9.17) is 14.2 Å². The van der Waals surface area contributed by atoms with Gasteiger partial charge in [-0.3, -0.25) is 14.4 Å². The molecule has 0 aromatic heterocycles. The Morgan fingerprint density at radius 1 is 0.338 bits per heavy atom. The van der Waals surface area contributed by atoms with E-state index in [1.54, 1.807) is 0 Å². The van der Waals surface area contributed by atoms with Gasteiger partial charge in [0.2, 0.25) is 0 Å². The molecule has 0 bridgehead atoms. The van der Waals surface area contributed by atoms with Crippen molar-refractivity contribution >= 4 is 17.9 Å². The summed E-state index contributed by atoms with van der Waals surface area (Å²) in [5.74, 6) is -0.905. The molecule has 0 aliphatic rings. The maximum atomic E-state index is 12.8. The molecule has 0 saturated carbocycles. The van der Waals surface area contributed by atoms with E-state index < -0.39 is 6.10 Å². The molecule has 0 rings (SSSR count).